The summed E-state index contributed by atoms with van der Waals surface area (Å²) in [5.74, 6) is -0.711. The molecule has 0 aliphatic heterocycles. The highest BCUT2D eigenvalue weighted by Gasteiger charge is 2.20. The lowest BCUT2D eigenvalue weighted by atomic mass is 10.1. The average molecular weight is 354 g/mol. The van der Waals surface area contributed by atoms with Crippen LogP contribution in [-0.2, 0) is 0 Å². The summed E-state index contributed by atoms with van der Waals surface area (Å²) in [6.45, 7) is 1.92. The molecule has 0 aliphatic rings. The van der Waals surface area contributed by atoms with Crippen LogP contribution in [0.1, 0.15) is 28.9 Å². The topological polar surface area (TPSA) is 60.2 Å². The molecule has 1 unspecified atom stereocenters. The molecule has 2 aromatic carbocycles. The van der Waals surface area contributed by atoms with Gasteiger partial charge in [-0.05, 0) is 42.8 Å². The van der Waals surface area contributed by atoms with E-state index in [-0.39, 0.29) is 23.3 Å². The van der Waals surface area contributed by atoms with Gasteiger partial charge in [0.15, 0.2) is 11.6 Å². The molecule has 0 fully saturated rings. The second kappa shape index (κ2) is 7.35. The maximum atomic E-state index is 13.9. The Labute approximate surface area is 150 Å². The van der Waals surface area contributed by atoms with Crippen LogP contribution >= 0.6 is 0 Å². The molecule has 6 nitrogen and oxygen atoms in total. The summed E-state index contributed by atoms with van der Waals surface area (Å²) in [5.41, 5.74) is 2.11. The SMILES string of the molecule is COc1ccc(C(=O)N(C)C(C)c2ccc(-n3cncn3)cc2)cc1F. The number of rotatable bonds is 5. The second-order valence-electron chi connectivity index (χ2n) is 5.87. The molecule has 7 heteroatoms. The number of halogens is 1. The molecular weight excluding hydrogens is 335 g/mol. The lowest BCUT2D eigenvalue weighted by molar-refractivity contribution is 0.0742. The number of hydrogen-bond donors (Lipinski definition) is 0. The fraction of sp³-hybridized carbons (Fsp3) is 0.211. The van der Waals surface area contributed by atoms with Gasteiger partial charge in [-0.25, -0.2) is 14.1 Å². The van der Waals surface area contributed by atoms with E-state index in [1.807, 2.05) is 31.2 Å². The molecule has 0 radical (unpaired) electrons. The van der Waals surface area contributed by atoms with E-state index in [1.165, 1.54) is 25.6 Å². The normalized spacial score (nSPS) is 11.8. The van der Waals surface area contributed by atoms with Crippen molar-refractivity contribution in [2.24, 2.45) is 0 Å². The van der Waals surface area contributed by atoms with Gasteiger partial charge in [-0.15, -0.1) is 0 Å². The van der Waals surface area contributed by atoms with Crippen LogP contribution in [0.4, 0.5) is 4.39 Å². The van der Waals surface area contributed by atoms with Gasteiger partial charge in [0.1, 0.15) is 12.7 Å². The average Bonchev–Trinajstić information content (AvgIpc) is 3.21. The highest BCUT2D eigenvalue weighted by Crippen LogP contribution is 2.24. The molecule has 1 amide bonds. The zero-order chi connectivity index (χ0) is 18.7. The highest BCUT2D eigenvalue weighted by molar-refractivity contribution is 5.94. The summed E-state index contributed by atoms with van der Waals surface area (Å²) in [7, 11) is 3.08. The van der Waals surface area contributed by atoms with Crippen molar-refractivity contribution in [3.8, 4) is 11.4 Å². The Morgan fingerprint density at radius 3 is 2.54 bits per heavy atom. The Morgan fingerprint density at radius 1 is 1.23 bits per heavy atom. The lowest BCUT2D eigenvalue weighted by Gasteiger charge is -2.25. The van der Waals surface area contributed by atoms with Gasteiger partial charge in [0.05, 0.1) is 18.8 Å². The van der Waals surface area contributed by atoms with Gasteiger partial charge in [-0.3, -0.25) is 4.79 Å². The predicted molar refractivity (Wildman–Crippen MR) is 94.8 cm³/mol. The molecule has 3 aromatic rings. The van der Waals surface area contributed by atoms with Crippen LogP contribution in [0.2, 0.25) is 0 Å². The molecule has 134 valence electrons. The molecule has 0 bridgehead atoms. The van der Waals surface area contributed by atoms with E-state index in [0.29, 0.717) is 0 Å². The number of amides is 1. The van der Waals surface area contributed by atoms with Crippen LogP contribution in [0, 0.1) is 5.82 Å². The summed E-state index contributed by atoms with van der Waals surface area (Å²) in [6.07, 6.45) is 3.09. The zero-order valence-electron chi connectivity index (χ0n) is 14.8. The first kappa shape index (κ1) is 17.6. The minimum absolute atomic E-state index is 0.112. The maximum absolute atomic E-state index is 13.9. The minimum atomic E-state index is -0.559. The Balaban J connectivity index is 1.77. The molecule has 1 aromatic heterocycles. The lowest BCUT2D eigenvalue weighted by Crippen LogP contribution is -2.29. The number of carbonyl (C=O) groups is 1. The molecule has 0 N–H and O–H groups in total. The summed E-state index contributed by atoms with van der Waals surface area (Å²) >= 11 is 0. The van der Waals surface area contributed by atoms with E-state index < -0.39 is 5.82 Å². The number of aromatic nitrogens is 3. The van der Waals surface area contributed by atoms with E-state index in [0.717, 1.165) is 11.3 Å². The molecule has 0 saturated heterocycles. The van der Waals surface area contributed by atoms with Crippen LogP contribution in [0.3, 0.4) is 0 Å². The van der Waals surface area contributed by atoms with Gasteiger partial charge < -0.3 is 9.64 Å². The van der Waals surface area contributed by atoms with Crippen molar-refractivity contribution in [3.63, 3.8) is 0 Å². The molecule has 1 heterocycles. The highest BCUT2D eigenvalue weighted by atomic mass is 19.1. The largest absolute Gasteiger partial charge is 0.494 e. The third-order valence-corrected chi connectivity index (χ3v) is 4.36. The van der Waals surface area contributed by atoms with Crippen LogP contribution in [-0.4, -0.2) is 39.7 Å². The first-order valence-electron chi connectivity index (χ1n) is 8.07. The number of benzene rings is 2. The Morgan fingerprint density at radius 2 is 1.96 bits per heavy atom. The van der Waals surface area contributed by atoms with Crippen molar-refractivity contribution in [2.45, 2.75) is 13.0 Å². The van der Waals surface area contributed by atoms with Gasteiger partial charge in [-0.1, -0.05) is 12.1 Å². The van der Waals surface area contributed by atoms with E-state index in [4.69, 9.17) is 4.74 Å². The van der Waals surface area contributed by atoms with E-state index in [2.05, 4.69) is 10.1 Å². The van der Waals surface area contributed by atoms with Gasteiger partial charge >= 0.3 is 0 Å². The van der Waals surface area contributed by atoms with Crippen molar-refractivity contribution >= 4 is 5.91 Å². The number of carbonyl (C=O) groups excluding carboxylic acids is 1. The van der Waals surface area contributed by atoms with Gasteiger partial charge in [0.25, 0.3) is 5.91 Å². The molecule has 26 heavy (non-hydrogen) atoms. The van der Waals surface area contributed by atoms with Crippen molar-refractivity contribution in [2.75, 3.05) is 14.2 Å². The zero-order valence-corrected chi connectivity index (χ0v) is 14.8. The first-order chi connectivity index (χ1) is 12.5. The molecule has 1 atom stereocenters. The number of methoxy groups -OCH3 is 1. The third-order valence-electron chi connectivity index (χ3n) is 4.36. The molecule has 0 saturated carbocycles. The van der Waals surface area contributed by atoms with Crippen LogP contribution < -0.4 is 4.74 Å². The molecular formula is C19H19FN4O2. The number of hydrogen-bond acceptors (Lipinski definition) is 4. The smallest absolute Gasteiger partial charge is 0.254 e. The quantitative estimate of drug-likeness (QED) is 0.706. The fourth-order valence-corrected chi connectivity index (χ4v) is 2.65. The molecule has 0 aliphatic carbocycles. The Hall–Kier alpha value is -3.22. The molecule has 3 rings (SSSR count). The number of ether oxygens (including phenoxy) is 1. The standard InChI is InChI=1S/C19H19FN4O2/c1-13(14-4-7-16(8-5-14)24-12-21-11-22-24)23(2)19(25)15-6-9-18(26-3)17(20)10-15/h4-13H,1-3H3. The summed E-state index contributed by atoms with van der Waals surface area (Å²) in [6, 6.07) is 11.7. The van der Waals surface area contributed by atoms with Crippen molar-refractivity contribution < 1.29 is 13.9 Å². The van der Waals surface area contributed by atoms with Crippen molar-refractivity contribution in [1.29, 1.82) is 0 Å². The fourth-order valence-electron chi connectivity index (χ4n) is 2.65. The summed E-state index contributed by atoms with van der Waals surface area (Å²) < 4.78 is 20.4. The van der Waals surface area contributed by atoms with Crippen LogP contribution in [0.5, 0.6) is 5.75 Å². The predicted octanol–water partition coefficient (Wildman–Crippen LogP) is 3.25. The number of nitrogens with zero attached hydrogens (tertiary/aromatic N) is 4. The third kappa shape index (κ3) is 3.42. The monoisotopic (exact) mass is 354 g/mol. The van der Waals surface area contributed by atoms with Gasteiger partial charge in [-0.2, -0.15) is 5.10 Å². The first-order valence-corrected chi connectivity index (χ1v) is 8.07. The summed E-state index contributed by atoms with van der Waals surface area (Å²) in [4.78, 5) is 18.2. The Bertz CT molecular complexity index is 894. The summed E-state index contributed by atoms with van der Waals surface area (Å²) in [5, 5.41) is 4.08. The van der Waals surface area contributed by atoms with E-state index in [9.17, 15) is 9.18 Å². The minimum Gasteiger partial charge on any atom is -0.494 e. The van der Waals surface area contributed by atoms with Crippen molar-refractivity contribution in [1.82, 2.24) is 19.7 Å². The maximum Gasteiger partial charge on any atom is 0.254 e. The Kier molecular flexibility index (Phi) is 4.97. The van der Waals surface area contributed by atoms with Crippen LogP contribution in [0.15, 0.2) is 55.1 Å². The van der Waals surface area contributed by atoms with Crippen molar-refractivity contribution in [3.05, 3.63) is 72.1 Å². The molecule has 0 spiro atoms. The second-order valence-corrected chi connectivity index (χ2v) is 5.87. The van der Waals surface area contributed by atoms with Gasteiger partial charge in [0, 0.05) is 12.6 Å². The van der Waals surface area contributed by atoms with E-state index >= 15 is 0 Å². The van der Waals surface area contributed by atoms with Crippen LogP contribution in [0.25, 0.3) is 5.69 Å². The van der Waals surface area contributed by atoms with E-state index in [1.54, 1.807) is 29.0 Å². The van der Waals surface area contributed by atoms with Gasteiger partial charge in [0.2, 0.25) is 0 Å².